The molecule has 0 radical (unpaired) electrons. The van der Waals surface area contributed by atoms with Crippen LogP contribution in [0.3, 0.4) is 0 Å². The summed E-state index contributed by atoms with van der Waals surface area (Å²) < 4.78 is 27.3. The molecule has 5 aromatic rings. The number of nitrogens with one attached hydrogen (secondary N) is 1. The molecule has 4 heterocycles. The van der Waals surface area contributed by atoms with Gasteiger partial charge in [-0.05, 0) is 42.8 Å². The molecule has 0 saturated heterocycles. The van der Waals surface area contributed by atoms with Crippen molar-refractivity contribution in [3.63, 3.8) is 0 Å². The predicted molar refractivity (Wildman–Crippen MR) is 126 cm³/mol. The van der Waals surface area contributed by atoms with Crippen molar-refractivity contribution < 1.29 is 18.7 Å². The molecule has 176 valence electrons. The average Bonchev–Trinajstić information content (AvgIpc) is 3.53. The van der Waals surface area contributed by atoms with Crippen LogP contribution in [-0.4, -0.2) is 49.4 Å². The molecule has 1 amide bonds. The smallest absolute Gasteiger partial charge is 0.412 e. The molecule has 0 unspecified atom stereocenters. The first-order valence-electron chi connectivity index (χ1n) is 10.5. The Labute approximate surface area is 199 Å². The van der Waals surface area contributed by atoms with Crippen LogP contribution in [0.2, 0.25) is 0 Å². The number of hydrogen-bond donors (Lipinski definition) is 1. The lowest BCUT2D eigenvalue weighted by atomic mass is 10.1. The molecule has 0 bridgehead atoms. The lowest BCUT2D eigenvalue weighted by Gasteiger charge is -2.11. The van der Waals surface area contributed by atoms with Crippen LogP contribution in [0, 0.1) is 12.7 Å². The molecule has 1 N–H and O–H groups in total. The number of pyridine rings is 2. The van der Waals surface area contributed by atoms with Gasteiger partial charge >= 0.3 is 6.09 Å². The number of fused-ring (bicyclic) bond motifs is 1. The topological polar surface area (TPSA) is 108 Å². The van der Waals surface area contributed by atoms with Gasteiger partial charge in [-0.25, -0.2) is 19.2 Å². The fraction of sp³-hybridized carbons (Fsp3) is 0.125. The maximum Gasteiger partial charge on any atom is 0.412 e. The van der Waals surface area contributed by atoms with Crippen molar-refractivity contribution in [2.75, 3.05) is 19.5 Å². The van der Waals surface area contributed by atoms with Gasteiger partial charge in [0.1, 0.15) is 17.8 Å². The van der Waals surface area contributed by atoms with Crippen LogP contribution < -0.4 is 10.1 Å². The summed E-state index contributed by atoms with van der Waals surface area (Å²) in [5.41, 5.74) is 4.74. The number of rotatable bonds is 5. The van der Waals surface area contributed by atoms with E-state index >= 15 is 0 Å². The highest BCUT2D eigenvalue weighted by molar-refractivity contribution is 5.83. The molecule has 10 nitrogen and oxygen atoms in total. The molecule has 0 spiro atoms. The number of ether oxygens (including phenoxy) is 2. The van der Waals surface area contributed by atoms with E-state index in [0.29, 0.717) is 17.3 Å². The van der Waals surface area contributed by atoms with Gasteiger partial charge in [-0.15, -0.1) is 10.2 Å². The Morgan fingerprint density at radius 1 is 1.06 bits per heavy atom. The molecular formula is C24H20FN7O3. The number of anilines is 1. The first-order chi connectivity index (χ1) is 17.0. The van der Waals surface area contributed by atoms with Gasteiger partial charge in [-0.1, -0.05) is 0 Å². The van der Waals surface area contributed by atoms with Gasteiger partial charge in [0.05, 0.1) is 31.8 Å². The Kier molecular flexibility index (Phi) is 5.57. The van der Waals surface area contributed by atoms with E-state index in [4.69, 9.17) is 4.74 Å². The fourth-order valence-corrected chi connectivity index (χ4v) is 3.79. The Morgan fingerprint density at radius 2 is 1.91 bits per heavy atom. The molecule has 1 aromatic carbocycles. The van der Waals surface area contributed by atoms with Crippen LogP contribution in [0.4, 0.5) is 15.0 Å². The zero-order valence-corrected chi connectivity index (χ0v) is 19.1. The number of aromatic nitrogens is 6. The van der Waals surface area contributed by atoms with E-state index in [0.717, 1.165) is 28.0 Å². The molecule has 0 fully saturated rings. The number of nitrogens with zero attached hydrogens (tertiary/aromatic N) is 6. The molecule has 0 atom stereocenters. The summed E-state index contributed by atoms with van der Waals surface area (Å²) >= 11 is 0. The van der Waals surface area contributed by atoms with Gasteiger partial charge in [0.2, 0.25) is 0 Å². The van der Waals surface area contributed by atoms with Gasteiger partial charge in [-0.3, -0.25) is 14.3 Å². The van der Waals surface area contributed by atoms with Crippen LogP contribution in [0.25, 0.3) is 34.0 Å². The van der Waals surface area contributed by atoms with Crippen molar-refractivity contribution in [1.29, 1.82) is 0 Å². The number of carbonyl (C=O) groups is 1. The van der Waals surface area contributed by atoms with Crippen LogP contribution in [0.15, 0.2) is 61.3 Å². The molecule has 0 saturated carbocycles. The Morgan fingerprint density at radius 3 is 2.66 bits per heavy atom. The highest BCUT2D eigenvalue weighted by Crippen LogP contribution is 2.29. The van der Waals surface area contributed by atoms with Crippen LogP contribution >= 0.6 is 0 Å². The molecule has 0 aliphatic rings. The van der Waals surface area contributed by atoms with Crippen molar-refractivity contribution >= 4 is 17.6 Å². The molecular weight excluding hydrogens is 453 g/mol. The summed E-state index contributed by atoms with van der Waals surface area (Å²) in [5.74, 6) is 0.615. The van der Waals surface area contributed by atoms with Gasteiger partial charge in [0, 0.05) is 29.6 Å². The van der Waals surface area contributed by atoms with Crippen LogP contribution in [-0.2, 0) is 4.74 Å². The quantitative estimate of drug-likeness (QED) is 0.406. The molecule has 0 aliphatic carbocycles. The second kappa shape index (κ2) is 8.86. The Balaban J connectivity index is 1.57. The van der Waals surface area contributed by atoms with Crippen molar-refractivity contribution in [2.45, 2.75) is 6.92 Å². The third kappa shape index (κ3) is 4.03. The third-order valence-electron chi connectivity index (χ3n) is 5.48. The average molecular weight is 473 g/mol. The van der Waals surface area contributed by atoms with E-state index in [9.17, 15) is 9.18 Å². The van der Waals surface area contributed by atoms with Crippen molar-refractivity contribution in [3.8, 4) is 34.1 Å². The van der Waals surface area contributed by atoms with E-state index in [1.807, 2.05) is 29.7 Å². The van der Waals surface area contributed by atoms with E-state index in [1.165, 1.54) is 20.3 Å². The summed E-state index contributed by atoms with van der Waals surface area (Å²) in [6, 6.07) is 10.0. The van der Waals surface area contributed by atoms with E-state index in [-0.39, 0.29) is 5.75 Å². The highest BCUT2D eigenvalue weighted by atomic mass is 19.1. The van der Waals surface area contributed by atoms with E-state index < -0.39 is 11.9 Å². The Hall–Kier alpha value is -4.80. The zero-order chi connectivity index (χ0) is 24.5. The van der Waals surface area contributed by atoms with Crippen LogP contribution in [0.5, 0.6) is 5.75 Å². The maximum atomic E-state index is 13.9. The Bertz CT molecular complexity index is 1540. The molecule has 5 rings (SSSR count). The van der Waals surface area contributed by atoms with E-state index in [2.05, 4.69) is 30.2 Å². The van der Waals surface area contributed by atoms with Crippen molar-refractivity contribution in [1.82, 2.24) is 29.1 Å². The zero-order valence-electron chi connectivity index (χ0n) is 19.1. The highest BCUT2D eigenvalue weighted by Gasteiger charge is 2.16. The van der Waals surface area contributed by atoms with Gasteiger partial charge in [0.15, 0.2) is 17.4 Å². The van der Waals surface area contributed by atoms with Gasteiger partial charge in [0.25, 0.3) is 0 Å². The number of imidazole rings is 1. The molecule has 4 aromatic heterocycles. The lowest BCUT2D eigenvalue weighted by Crippen LogP contribution is -2.11. The number of carbonyl (C=O) groups excluding carboxylic acids is 1. The predicted octanol–water partition coefficient (Wildman–Crippen LogP) is 4.28. The van der Waals surface area contributed by atoms with Gasteiger partial charge < -0.3 is 9.47 Å². The summed E-state index contributed by atoms with van der Waals surface area (Å²) in [6.07, 6.45) is 6.28. The largest absolute Gasteiger partial charge is 0.494 e. The lowest BCUT2D eigenvalue weighted by molar-refractivity contribution is 0.187. The first kappa shape index (κ1) is 22.0. The molecule has 35 heavy (non-hydrogen) atoms. The summed E-state index contributed by atoms with van der Waals surface area (Å²) in [6.45, 7) is 1.96. The number of methoxy groups -OCH3 is 2. The number of halogens is 1. The monoisotopic (exact) mass is 473 g/mol. The van der Waals surface area contributed by atoms with Gasteiger partial charge in [-0.2, -0.15) is 0 Å². The standard InChI is InChI=1S/C24H20FN7O3/c1-14-8-16(23-30-28-13-32(23)17-5-6-18(25)20(9-17)34-2)12-31-19(11-27-22(14)31)15-4-7-21(26-10-15)29-24(33)35-3/h4-13H,1-3H3,(H,26,29,33). The number of amides is 1. The normalized spacial score (nSPS) is 11.0. The van der Waals surface area contributed by atoms with E-state index in [1.54, 1.807) is 41.5 Å². The third-order valence-corrected chi connectivity index (χ3v) is 5.48. The molecule has 0 aliphatic heterocycles. The summed E-state index contributed by atoms with van der Waals surface area (Å²) in [7, 11) is 2.70. The summed E-state index contributed by atoms with van der Waals surface area (Å²) in [4.78, 5) is 20.3. The van der Waals surface area contributed by atoms with Crippen molar-refractivity contribution in [3.05, 3.63) is 72.7 Å². The first-order valence-corrected chi connectivity index (χ1v) is 10.5. The minimum absolute atomic E-state index is 0.128. The van der Waals surface area contributed by atoms with Crippen molar-refractivity contribution in [2.24, 2.45) is 0 Å². The minimum Gasteiger partial charge on any atom is -0.494 e. The summed E-state index contributed by atoms with van der Waals surface area (Å²) in [5, 5.41) is 10.9. The second-order valence-electron chi connectivity index (χ2n) is 7.64. The SMILES string of the molecule is COC(=O)Nc1ccc(-c2cnc3c(C)cc(-c4nncn4-c4ccc(F)c(OC)c4)cn23)cn1. The minimum atomic E-state index is -0.594. The van der Waals surface area contributed by atoms with Crippen LogP contribution in [0.1, 0.15) is 5.56 Å². The molecule has 11 heteroatoms. The number of benzene rings is 1. The second-order valence-corrected chi connectivity index (χ2v) is 7.64. The number of aryl methyl sites for hydroxylation is 1. The fourth-order valence-electron chi connectivity index (χ4n) is 3.79. The maximum absolute atomic E-state index is 13.9. The number of hydrogen-bond acceptors (Lipinski definition) is 7.